The zero-order valence-corrected chi connectivity index (χ0v) is 19.9. The molecule has 3 rings (SSSR count). The minimum Gasteiger partial charge on any atom is -0.289 e. The Balaban J connectivity index is 2.09. The van der Waals surface area contributed by atoms with E-state index in [4.69, 9.17) is 0 Å². The van der Waals surface area contributed by atoms with E-state index < -0.39 is 53.4 Å². The summed E-state index contributed by atoms with van der Waals surface area (Å²) in [6.07, 6.45) is -11.0. The third-order valence-corrected chi connectivity index (χ3v) is 6.94. The molecule has 0 saturated carbocycles. The fourth-order valence-corrected chi connectivity index (χ4v) is 5.11. The Hall–Kier alpha value is -2.23. The van der Waals surface area contributed by atoms with Gasteiger partial charge in [-0.25, -0.2) is 0 Å². The highest BCUT2D eigenvalue weighted by atomic mass is 19.4. The van der Waals surface area contributed by atoms with Crippen molar-refractivity contribution in [3.63, 3.8) is 0 Å². The van der Waals surface area contributed by atoms with E-state index in [0.29, 0.717) is 49.4 Å². The molecule has 1 fully saturated rings. The minimum absolute atomic E-state index is 0.189. The zero-order chi connectivity index (χ0) is 26.9. The quantitative estimate of drug-likeness (QED) is 0.340. The summed E-state index contributed by atoms with van der Waals surface area (Å²) < 4.78 is 121. The smallest absolute Gasteiger partial charge is 0.289 e. The van der Waals surface area contributed by atoms with Gasteiger partial charge in [-0.2, -0.15) is 39.5 Å². The highest BCUT2D eigenvalue weighted by molar-refractivity contribution is 5.36. The van der Waals surface area contributed by atoms with E-state index in [1.807, 2.05) is 13.8 Å². The number of nitrogens with zero attached hydrogens (tertiary/aromatic N) is 1. The largest absolute Gasteiger partial charge is 0.416 e. The molecule has 1 aliphatic rings. The van der Waals surface area contributed by atoms with Crippen molar-refractivity contribution in [1.29, 1.82) is 0 Å². The van der Waals surface area contributed by atoms with E-state index in [9.17, 15) is 39.5 Å². The standard InChI is InChI=1S/C26H28F9N/c1-3-5-21-12-16(4-2)13-23(17-6-8-19(9-7-17)24(27,28)29)36(21)15-18-14-20(25(30,31)32)10-11-22(18)26(33,34)35/h6-11,14,16,21,23H,3-5,12-13,15H2,1-2H3/t16-,21+,23-/m1/s1. The third kappa shape index (κ3) is 6.55. The fourth-order valence-electron chi connectivity index (χ4n) is 5.11. The second kappa shape index (κ2) is 10.6. The summed E-state index contributed by atoms with van der Waals surface area (Å²) in [5.74, 6) is 0.189. The second-order valence-electron chi connectivity index (χ2n) is 9.36. The van der Waals surface area contributed by atoms with Gasteiger partial charge in [0.15, 0.2) is 0 Å². The van der Waals surface area contributed by atoms with Crippen molar-refractivity contribution >= 4 is 0 Å². The summed E-state index contributed by atoms with van der Waals surface area (Å²) >= 11 is 0. The number of rotatable bonds is 6. The number of piperidine rings is 1. The molecule has 10 heteroatoms. The van der Waals surface area contributed by atoms with Crippen LogP contribution < -0.4 is 0 Å². The molecule has 0 aromatic heterocycles. The number of likely N-dealkylation sites (tertiary alicyclic amines) is 1. The lowest BCUT2D eigenvalue weighted by Gasteiger charge is -2.46. The van der Waals surface area contributed by atoms with Crippen LogP contribution in [0.2, 0.25) is 0 Å². The van der Waals surface area contributed by atoms with Crippen LogP contribution >= 0.6 is 0 Å². The minimum atomic E-state index is -4.86. The van der Waals surface area contributed by atoms with Crippen LogP contribution in [0.5, 0.6) is 0 Å². The Bertz CT molecular complexity index is 1010. The molecule has 0 amide bonds. The van der Waals surface area contributed by atoms with Gasteiger partial charge in [-0.3, -0.25) is 4.90 Å². The van der Waals surface area contributed by atoms with Crippen molar-refractivity contribution < 1.29 is 39.5 Å². The predicted molar refractivity (Wildman–Crippen MR) is 118 cm³/mol. The van der Waals surface area contributed by atoms with Crippen molar-refractivity contribution in [2.45, 2.75) is 83.1 Å². The summed E-state index contributed by atoms with van der Waals surface area (Å²) in [5, 5.41) is 0. The molecule has 1 aliphatic heterocycles. The van der Waals surface area contributed by atoms with Gasteiger partial charge >= 0.3 is 18.5 Å². The number of hydrogen-bond acceptors (Lipinski definition) is 1. The molecular weight excluding hydrogens is 497 g/mol. The van der Waals surface area contributed by atoms with Crippen LogP contribution in [-0.4, -0.2) is 10.9 Å². The van der Waals surface area contributed by atoms with Gasteiger partial charge < -0.3 is 0 Å². The van der Waals surface area contributed by atoms with Crippen molar-refractivity contribution in [1.82, 2.24) is 4.90 Å². The number of alkyl halides is 9. The van der Waals surface area contributed by atoms with Crippen molar-refractivity contribution in [3.05, 3.63) is 70.3 Å². The van der Waals surface area contributed by atoms with Gasteiger partial charge in [0.2, 0.25) is 0 Å². The lowest BCUT2D eigenvalue weighted by atomic mass is 9.80. The van der Waals surface area contributed by atoms with Crippen LogP contribution in [0, 0.1) is 5.92 Å². The maximum atomic E-state index is 13.8. The molecule has 0 bridgehead atoms. The SMILES string of the molecule is CCC[C@H]1C[C@@H](CC)C[C@H](c2ccc(C(F)(F)F)cc2)N1Cc1cc(C(F)(F)F)ccc1C(F)(F)F. The summed E-state index contributed by atoms with van der Waals surface area (Å²) in [5.41, 5.74) is -3.15. The average molecular weight is 525 g/mol. The molecule has 0 unspecified atom stereocenters. The van der Waals surface area contributed by atoms with Crippen LogP contribution in [0.25, 0.3) is 0 Å². The van der Waals surface area contributed by atoms with E-state index in [1.165, 1.54) is 12.1 Å². The Morgan fingerprint density at radius 2 is 1.33 bits per heavy atom. The molecule has 2 aromatic rings. The van der Waals surface area contributed by atoms with Crippen LogP contribution in [0.3, 0.4) is 0 Å². The van der Waals surface area contributed by atoms with Crippen LogP contribution in [0.1, 0.15) is 79.8 Å². The monoisotopic (exact) mass is 525 g/mol. The highest BCUT2D eigenvalue weighted by Gasteiger charge is 2.40. The maximum Gasteiger partial charge on any atom is 0.416 e. The van der Waals surface area contributed by atoms with E-state index in [1.54, 1.807) is 4.90 Å². The number of halogens is 9. The lowest BCUT2D eigenvalue weighted by molar-refractivity contribution is -0.142. The van der Waals surface area contributed by atoms with Crippen LogP contribution in [-0.2, 0) is 25.1 Å². The molecule has 1 saturated heterocycles. The molecule has 36 heavy (non-hydrogen) atoms. The molecule has 0 N–H and O–H groups in total. The molecule has 3 atom stereocenters. The lowest BCUT2D eigenvalue weighted by Crippen LogP contribution is -2.44. The van der Waals surface area contributed by atoms with E-state index >= 15 is 0 Å². The summed E-state index contributed by atoms with van der Waals surface area (Å²) in [6, 6.07) is 5.17. The first kappa shape index (κ1) is 28.3. The average Bonchev–Trinajstić information content (AvgIpc) is 2.78. The summed E-state index contributed by atoms with van der Waals surface area (Å²) in [4.78, 5) is 1.75. The summed E-state index contributed by atoms with van der Waals surface area (Å²) in [7, 11) is 0. The molecule has 0 aliphatic carbocycles. The third-order valence-electron chi connectivity index (χ3n) is 6.94. The molecule has 2 aromatic carbocycles. The zero-order valence-electron chi connectivity index (χ0n) is 19.9. The van der Waals surface area contributed by atoms with Gasteiger partial charge in [-0.15, -0.1) is 0 Å². The normalized spacial score (nSPS) is 22.1. The first-order chi connectivity index (χ1) is 16.6. The molecular formula is C26H28F9N. The van der Waals surface area contributed by atoms with Gasteiger partial charge in [0, 0.05) is 18.6 Å². The van der Waals surface area contributed by atoms with Crippen LogP contribution in [0.4, 0.5) is 39.5 Å². The molecule has 1 heterocycles. The van der Waals surface area contributed by atoms with Gasteiger partial charge in [0.05, 0.1) is 16.7 Å². The van der Waals surface area contributed by atoms with E-state index in [2.05, 4.69) is 0 Å². The number of hydrogen-bond donors (Lipinski definition) is 0. The highest BCUT2D eigenvalue weighted by Crippen LogP contribution is 2.44. The van der Waals surface area contributed by atoms with Crippen molar-refractivity contribution in [3.8, 4) is 0 Å². The Morgan fingerprint density at radius 1 is 0.750 bits per heavy atom. The topological polar surface area (TPSA) is 3.24 Å². The molecule has 0 spiro atoms. The maximum absolute atomic E-state index is 13.8. The first-order valence-electron chi connectivity index (χ1n) is 11.8. The van der Waals surface area contributed by atoms with Gasteiger partial charge in [-0.1, -0.05) is 38.8 Å². The Kier molecular flexibility index (Phi) is 8.37. The fraction of sp³-hybridized carbons (Fsp3) is 0.538. The first-order valence-corrected chi connectivity index (χ1v) is 11.8. The summed E-state index contributed by atoms with van der Waals surface area (Å²) in [6.45, 7) is 3.49. The Morgan fingerprint density at radius 3 is 1.83 bits per heavy atom. The van der Waals surface area contributed by atoms with Gasteiger partial charge in [-0.05, 0) is 66.6 Å². The van der Waals surface area contributed by atoms with Gasteiger partial charge in [0.25, 0.3) is 0 Å². The van der Waals surface area contributed by atoms with Crippen LogP contribution in [0.15, 0.2) is 42.5 Å². The predicted octanol–water partition coefficient (Wildman–Crippen LogP) is 9.27. The van der Waals surface area contributed by atoms with E-state index in [-0.39, 0.29) is 12.0 Å². The van der Waals surface area contributed by atoms with E-state index in [0.717, 1.165) is 18.6 Å². The molecule has 1 nitrogen and oxygen atoms in total. The molecule has 200 valence electrons. The number of benzene rings is 2. The Labute approximate surface area is 204 Å². The van der Waals surface area contributed by atoms with Crippen molar-refractivity contribution in [2.75, 3.05) is 0 Å². The van der Waals surface area contributed by atoms with Crippen molar-refractivity contribution in [2.24, 2.45) is 5.92 Å². The second-order valence-corrected chi connectivity index (χ2v) is 9.36. The molecule has 0 radical (unpaired) electrons. The van der Waals surface area contributed by atoms with Gasteiger partial charge in [0.1, 0.15) is 0 Å².